The number of aryl methyl sites for hydroxylation is 3. The number of rotatable bonds is 1. The minimum atomic E-state index is 0.625. The molecule has 17 heavy (non-hydrogen) atoms. The van der Waals surface area contributed by atoms with E-state index in [-0.39, 0.29) is 0 Å². The van der Waals surface area contributed by atoms with Gasteiger partial charge in [0.1, 0.15) is 17.6 Å². The summed E-state index contributed by atoms with van der Waals surface area (Å²) in [6.07, 6.45) is 0. The van der Waals surface area contributed by atoms with Gasteiger partial charge in [0.15, 0.2) is 0 Å². The average Bonchev–Trinajstić information content (AvgIpc) is 2.54. The molecule has 0 aliphatic heterocycles. The molecule has 86 valence electrons. The van der Waals surface area contributed by atoms with Gasteiger partial charge in [-0.1, -0.05) is 23.8 Å². The third kappa shape index (κ3) is 1.83. The minimum Gasteiger partial charge on any atom is -0.319 e. The molecule has 3 heteroatoms. The van der Waals surface area contributed by atoms with Crippen molar-refractivity contribution in [3.63, 3.8) is 0 Å². The van der Waals surface area contributed by atoms with Crippen molar-refractivity contribution in [2.45, 2.75) is 20.8 Å². The van der Waals surface area contributed by atoms with Gasteiger partial charge in [-0.3, -0.25) is 0 Å². The van der Waals surface area contributed by atoms with Crippen molar-refractivity contribution in [2.24, 2.45) is 7.05 Å². The Bertz CT molecular complexity index is 615. The summed E-state index contributed by atoms with van der Waals surface area (Å²) in [7, 11) is 1.88. The van der Waals surface area contributed by atoms with Crippen LogP contribution in [-0.4, -0.2) is 9.55 Å². The largest absolute Gasteiger partial charge is 0.319 e. The van der Waals surface area contributed by atoms with Gasteiger partial charge in [-0.15, -0.1) is 0 Å². The first-order valence-corrected chi connectivity index (χ1v) is 5.55. The van der Waals surface area contributed by atoms with E-state index in [1.165, 1.54) is 11.1 Å². The van der Waals surface area contributed by atoms with E-state index in [0.29, 0.717) is 5.69 Å². The zero-order valence-electron chi connectivity index (χ0n) is 10.6. The number of imidazole rings is 1. The first-order chi connectivity index (χ1) is 8.04. The fraction of sp³-hybridized carbons (Fsp3) is 0.286. The Morgan fingerprint density at radius 3 is 2.47 bits per heavy atom. The predicted molar refractivity (Wildman–Crippen MR) is 67.6 cm³/mol. The lowest BCUT2D eigenvalue weighted by molar-refractivity contribution is 0.904. The van der Waals surface area contributed by atoms with E-state index < -0.39 is 0 Å². The summed E-state index contributed by atoms with van der Waals surface area (Å²) in [4.78, 5) is 4.48. The number of aromatic nitrogens is 2. The highest BCUT2D eigenvalue weighted by Crippen LogP contribution is 2.24. The third-order valence-corrected chi connectivity index (χ3v) is 3.00. The second-order valence-corrected chi connectivity index (χ2v) is 4.36. The zero-order chi connectivity index (χ0) is 12.6. The fourth-order valence-electron chi connectivity index (χ4n) is 2.10. The number of hydrogen-bond donors (Lipinski definition) is 0. The molecule has 0 bridgehead atoms. The van der Waals surface area contributed by atoms with Crippen molar-refractivity contribution in [1.82, 2.24) is 9.55 Å². The van der Waals surface area contributed by atoms with Gasteiger partial charge in [-0.25, -0.2) is 4.98 Å². The average molecular weight is 225 g/mol. The highest BCUT2D eigenvalue weighted by molar-refractivity contribution is 5.62. The Kier molecular flexibility index (Phi) is 2.72. The van der Waals surface area contributed by atoms with Crippen LogP contribution in [0.15, 0.2) is 18.2 Å². The summed E-state index contributed by atoms with van der Waals surface area (Å²) in [5, 5.41) is 9.06. The van der Waals surface area contributed by atoms with Crippen LogP contribution in [0.1, 0.15) is 22.5 Å². The highest BCUT2D eigenvalue weighted by atomic mass is 15.1. The molecule has 1 heterocycles. The van der Waals surface area contributed by atoms with Gasteiger partial charge in [0, 0.05) is 12.6 Å². The maximum Gasteiger partial charge on any atom is 0.143 e. The van der Waals surface area contributed by atoms with Crippen molar-refractivity contribution in [2.75, 3.05) is 0 Å². The van der Waals surface area contributed by atoms with Crippen molar-refractivity contribution < 1.29 is 0 Å². The molecular weight excluding hydrogens is 210 g/mol. The molecule has 0 radical (unpaired) electrons. The predicted octanol–water partition coefficient (Wildman–Crippen LogP) is 2.88. The maximum atomic E-state index is 9.06. The molecule has 0 aliphatic carbocycles. The van der Waals surface area contributed by atoms with Gasteiger partial charge in [0.2, 0.25) is 0 Å². The lowest BCUT2D eigenvalue weighted by Gasteiger charge is -2.06. The Morgan fingerprint density at radius 2 is 1.94 bits per heavy atom. The van der Waals surface area contributed by atoms with E-state index in [4.69, 9.17) is 5.26 Å². The molecule has 0 amide bonds. The van der Waals surface area contributed by atoms with E-state index >= 15 is 0 Å². The second-order valence-electron chi connectivity index (χ2n) is 4.36. The molecule has 1 aromatic heterocycles. The van der Waals surface area contributed by atoms with Crippen LogP contribution in [0.2, 0.25) is 0 Å². The molecule has 0 fully saturated rings. The number of benzene rings is 1. The summed E-state index contributed by atoms with van der Waals surface area (Å²) in [5.74, 6) is 0.858. The van der Waals surface area contributed by atoms with Crippen LogP contribution in [0.5, 0.6) is 0 Å². The second kappa shape index (κ2) is 4.06. The Hall–Kier alpha value is -2.08. The fourth-order valence-corrected chi connectivity index (χ4v) is 2.10. The topological polar surface area (TPSA) is 41.6 Å². The lowest BCUT2D eigenvalue weighted by Crippen LogP contribution is -1.97. The molecule has 2 rings (SSSR count). The van der Waals surface area contributed by atoms with Crippen molar-refractivity contribution in [1.29, 1.82) is 5.26 Å². The van der Waals surface area contributed by atoms with Crippen LogP contribution in [0.3, 0.4) is 0 Å². The molecule has 0 spiro atoms. The summed E-state index contributed by atoms with van der Waals surface area (Å²) in [6, 6.07) is 8.45. The summed E-state index contributed by atoms with van der Waals surface area (Å²) < 4.78 is 1.85. The quantitative estimate of drug-likeness (QED) is 0.748. The van der Waals surface area contributed by atoms with E-state index in [1.54, 1.807) is 0 Å². The normalized spacial score (nSPS) is 10.3. The maximum absolute atomic E-state index is 9.06. The Labute approximate surface area is 101 Å². The van der Waals surface area contributed by atoms with Gasteiger partial charge in [-0.2, -0.15) is 5.26 Å². The molecule has 0 atom stereocenters. The van der Waals surface area contributed by atoms with E-state index in [2.05, 4.69) is 43.1 Å². The molecule has 1 aromatic carbocycles. The van der Waals surface area contributed by atoms with Crippen molar-refractivity contribution >= 4 is 0 Å². The van der Waals surface area contributed by atoms with Gasteiger partial charge < -0.3 is 4.57 Å². The molecular formula is C14H15N3. The zero-order valence-corrected chi connectivity index (χ0v) is 10.6. The van der Waals surface area contributed by atoms with Crippen molar-refractivity contribution in [3.8, 4) is 17.5 Å². The molecule has 0 saturated carbocycles. The monoisotopic (exact) mass is 225 g/mol. The molecule has 2 aromatic rings. The Morgan fingerprint density at radius 1 is 1.24 bits per heavy atom. The number of nitriles is 1. The van der Waals surface area contributed by atoms with Crippen molar-refractivity contribution in [3.05, 3.63) is 40.7 Å². The smallest absolute Gasteiger partial charge is 0.143 e. The molecule has 0 saturated heterocycles. The van der Waals surface area contributed by atoms with Crippen LogP contribution in [0.25, 0.3) is 11.4 Å². The van der Waals surface area contributed by atoms with Crippen LogP contribution in [-0.2, 0) is 7.05 Å². The van der Waals surface area contributed by atoms with E-state index in [9.17, 15) is 0 Å². The number of hydrogen-bond acceptors (Lipinski definition) is 2. The highest BCUT2D eigenvalue weighted by Gasteiger charge is 2.13. The van der Waals surface area contributed by atoms with E-state index in [1.807, 2.05) is 18.5 Å². The van der Waals surface area contributed by atoms with Crippen LogP contribution >= 0.6 is 0 Å². The van der Waals surface area contributed by atoms with Gasteiger partial charge in [0.05, 0.1) is 5.69 Å². The molecule has 0 unspecified atom stereocenters. The number of nitrogens with zero attached hydrogens (tertiary/aromatic N) is 3. The lowest BCUT2D eigenvalue weighted by atomic mass is 10.1. The van der Waals surface area contributed by atoms with Gasteiger partial charge in [-0.05, 0) is 26.3 Å². The van der Waals surface area contributed by atoms with Gasteiger partial charge >= 0.3 is 0 Å². The van der Waals surface area contributed by atoms with Gasteiger partial charge in [0.25, 0.3) is 0 Å². The molecule has 3 nitrogen and oxygen atoms in total. The van der Waals surface area contributed by atoms with E-state index in [0.717, 1.165) is 17.1 Å². The SMILES string of the molecule is Cc1ccc(-c2nc(C)c(C#N)n2C)c(C)c1. The molecule has 0 aliphatic rings. The summed E-state index contributed by atoms with van der Waals surface area (Å²) in [6.45, 7) is 6.01. The summed E-state index contributed by atoms with van der Waals surface area (Å²) in [5.41, 5.74) is 4.91. The Balaban J connectivity index is 2.66. The molecule has 0 N–H and O–H groups in total. The first-order valence-electron chi connectivity index (χ1n) is 5.55. The standard InChI is InChI=1S/C14H15N3/c1-9-5-6-12(10(2)7-9)14-16-11(3)13(8-15)17(14)4/h5-7H,1-4H3. The third-order valence-electron chi connectivity index (χ3n) is 3.00. The minimum absolute atomic E-state index is 0.625. The first kappa shape index (κ1) is 11.4. The van der Waals surface area contributed by atoms with Crippen LogP contribution in [0, 0.1) is 32.1 Å². The van der Waals surface area contributed by atoms with Crippen LogP contribution in [0.4, 0.5) is 0 Å². The van der Waals surface area contributed by atoms with Crippen LogP contribution < -0.4 is 0 Å². The summed E-state index contributed by atoms with van der Waals surface area (Å²) >= 11 is 0.